The minimum Gasteiger partial charge on any atom is -0.392 e. The zero-order valence-corrected chi connectivity index (χ0v) is 9.13. The topological polar surface area (TPSA) is 56.9 Å². The van der Waals surface area contributed by atoms with Gasteiger partial charge in [0.05, 0.1) is 17.9 Å². The highest BCUT2D eigenvalue weighted by Crippen LogP contribution is 2.23. The molecule has 1 aromatic rings. The maximum atomic E-state index is 12.5. The maximum Gasteiger partial charge on any atom is 0.281 e. The molecule has 0 aliphatic heterocycles. The summed E-state index contributed by atoms with van der Waals surface area (Å²) < 4.78 is 25.0. The highest BCUT2D eigenvalue weighted by Gasteiger charge is 2.17. The number of hydrogen-bond donors (Lipinski definition) is 1. The number of rotatable bonds is 3. The van der Waals surface area contributed by atoms with Gasteiger partial charge in [0.25, 0.3) is 6.43 Å². The standard InChI is InChI=1S/C9H7BrF2N2O/c10-2-7-6(4-15)1-5(3-13)8(14-7)9(11)12/h1,9,15H,2,4H2. The van der Waals surface area contributed by atoms with Crippen LogP contribution in [0.4, 0.5) is 8.78 Å². The second-order valence-electron chi connectivity index (χ2n) is 2.73. The summed E-state index contributed by atoms with van der Waals surface area (Å²) in [6.45, 7) is -0.327. The van der Waals surface area contributed by atoms with Crippen LogP contribution in [0.5, 0.6) is 0 Å². The Morgan fingerprint density at radius 3 is 2.67 bits per heavy atom. The molecule has 3 nitrogen and oxygen atoms in total. The van der Waals surface area contributed by atoms with E-state index in [-0.39, 0.29) is 17.5 Å². The van der Waals surface area contributed by atoms with Crippen molar-refractivity contribution < 1.29 is 13.9 Å². The van der Waals surface area contributed by atoms with Gasteiger partial charge in [-0.1, -0.05) is 15.9 Å². The van der Waals surface area contributed by atoms with E-state index < -0.39 is 12.1 Å². The number of halogens is 3. The molecule has 0 radical (unpaired) electrons. The molecule has 0 aromatic carbocycles. The van der Waals surface area contributed by atoms with Gasteiger partial charge >= 0.3 is 0 Å². The molecule has 1 N–H and O–H groups in total. The first-order valence-electron chi connectivity index (χ1n) is 4.01. The monoisotopic (exact) mass is 276 g/mol. The van der Waals surface area contributed by atoms with Crippen molar-refractivity contribution in [1.82, 2.24) is 4.98 Å². The lowest BCUT2D eigenvalue weighted by Gasteiger charge is -2.08. The van der Waals surface area contributed by atoms with Crippen molar-refractivity contribution in [3.63, 3.8) is 0 Å². The molecule has 15 heavy (non-hydrogen) atoms. The van der Waals surface area contributed by atoms with E-state index in [0.717, 1.165) is 0 Å². The van der Waals surface area contributed by atoms with Gasteiger partial charge in [0.1, 0.15) is 11.8 Å². The Kier molecular flexibility index (Phi) is 4.12. The average molecular weight is 277 g/mol. The number of pyridine rings is 1. The molecule has 1 heterocycles. The molecule has 0 bridgehead atoms. The van der Waals surface area contributed by atoms with Crippen molar-refractivity contribution in [1.29, 1.82) is 5.26 Å². The molecule has 0 saturated carbocycles. The Morgan fingerprint density at radius 2 is 2.27 bits per heavy atom. The Labute approximate surface area is 93.5 Å². The third-order valence-electron chi connectivity index (χ3n) is 1.84. The molecule has 0 fully saturated rings. The Bertz CT molecular complexity index is 404. The largest absolute Gasteiger partial charge is 0.392 e. The van der Waals surface area contributed by atoms with Gasteiger partial charge in [0, 0.05) is 10.9 Å². The van der Waals surface area contributed by atoms with E-state index >= 15 is 0 Å². The van der Waals surface area contributed by atoms with Crippen LogP contribution in [0.1, 0.15) is 28.9 Å². The average Bonchev–Trinajstić information content (AvgIpc) is 2.26. The molecule has 0 unspecified atom stereocenters. The minimum absolute atomic E-state index is 0.196. The van der Waals surface area contributed by atoms with Crippen LogP contribution >= 0.6 is 15.9 Å². The van der Waals surface area contributed by atoms with Gasteiger partial charge in [-0.3, -0.25) is 0 Å². The predicted octanol–water partition coefficient (Wildman–Crippen LogP) is 2.28. The van der Waals surface area contributed by atoms with Crippen molar-refractivity contribution in [3.05, 3.63) is 28.6 Å². The second kappa shape index (κ2) is 5.14. The van der Waals surface area contributed by atoms with Gasteiger partial charge < -0.3 is 5.11 Å². The van der Waals surface area contributed by atoms with Crippen molar-refractivity contribution in [2.75, 3.05) is 0 Å². The summed E-state index contributed by atoms with van der Waals surface area (Å²) in [6, 6.07) is 2.88. The molecular weight excluding hydrogens is 270 g/mol. The third kappa shape index (κ3) is 2.49. The summed E-state index contributed by atoms with van der Waals surface area (Å²) in [5.41, 5.74) is -0.0254. The number of aromatic nitrogens is 1. The van der Waals surface area contributed by atoms with Crippen LogP contribution in [0.15, 0.2) is 6.07 Å². The molecule has 0 spiro atoms. The first kappa shape index (κ1) is 12.0. The maximum absolute atomic E-state index is 12.5. The lowest BCUT2D eigenvalue weighted by atomic mass is 10.1. The fourth-order valence-corrected chi connectivity index (χ4v) is 1.60. The summed E-state index contributed by atoms with van der Waals surface area (Å²) in [5, 5.41) is 17.8. The minimum atomic E-state index is -2.79. The molecule has 0 aliphatic carbocycles. The van der Waals surface area contributed by atoms with E-state index in [4.69, 9.17) is 10.4 Å². The number of nitriles is 1. The number of aliphatic hydroxyl groups excluding tert-OH is 1. The zero-order chi connectivity index (χ0) is 11.4. The summed E-state index contributed by atoms with van der Waals surface area (Å²) in [4.78, 5) is 3.65. The summed E-state index contributed by atoms with van der Waals surface area (Å²) in [6.07, 6.45) is -2.79. The molecule has 0 aliphatic rings. The Balaban J connectivity index is 3.36. The molecule has 6 heteroatoms. The number of hydrogen-bond acceptors (Lipinski definition) is 3. The summed E-state index contributed by atoms with van der Waals surface area (Å²) >= 11 is 3.08. The van der Waals surface area contributed by atoms with Gasteiger partial charge in [0.2, 0.25) is 0 Å². The van der Waals surface area contributed by atoms with Gasteiger partial charge in [-0.2, -0.15) is 5.26 Å². The Morgan fingerprint density at radius 1 is 1.60 bits per heavy atom. The van der Waals surface area contributed by atoms with Crippen molar-refractivity contribution in [3.8, 4) is 6.07 Å². The van der Waals surface area contributed by atoms with E-state index in [0.29, 0.717) is 11.3 Å². The lowest BCUT2D eigenvalue weighted by molar-refractivity contribution is 0.145. The fraction of sp³-hybridized carbons (Fsp3) is 0.333. The molecule has 1 aromatic heterocycles. The molecule has 0 atom stereocenters. The molecule has 1 rings (SSSR count). The van der Waals surface area contributed by atoms with Crippen LogP contribution in [-0.4, -0.2) is 10.1 Å². The van der Waals surface area contributed by atoms with Gasteiger partial charge in [-0.05, 0) is 6.07 Å². The molecule has 80 valence electrons. The third-order valence-corrected chi connectivity index (χ3v) is 2.38. The highest BCUT2D eigenvalue weighted by atomic mass is 79.9. The number of nitrogens with zero attached hydrogens (tertiary/aromatic N) is 2. The van der Waals surface area contributed by atoms with Crippen LogP contribution < -0.4 is 0 Å². The normalized spacial score (nSPS) is 10.4. The number of aliphatic hydroxyl groups is 1. The SMILES string of the molecule is N#Cc1cc(CO)c(CBr)nc1C(F)F. The van der Waals surface area contributed by atoms with Crippen molar-refractivity contribution in [2.24, 2.45) is 0 Å². The molecular formula is C9H7BrF2N2O. The zero-order valence-electron chi connectivity index (χ0n) is 7.54. The van der Waals surface area contributed by atoms with E-state index in [1.165, 1.54) is 6.07 Å². The van der Waals surface area contributed by atoms with Crippen LogP contribution in [0, 0.1) is 11.3 Å². The van der Waals surface area contributed by atoms with E-state index in [2.05, 4.69) is 20.9 Å². The first-order chi connectivity index (χ1) is 7.13. The molecule has 0 saturated heterocycles. The molecule has 0 amide bonds. The van der Waals surface area contributed by atoms with Crippen molar-refractivity contribution >= 4 is 15.9 Å². The van der Waals surface area contributed by atoms with Crippen molar-refractivity contribution in [2.45, 2.75) is 18.4 Å². The van der Waals surface area contributed by atoms with Gasteiger partial charge in [-0.15, -0.1) is 0 Å². The van der Waals surface area contributed by atoms with Crippen LogP contribution in [0.2, 0.25) is 0 Å². The first-order valence-corrected chi connectivity index (χ1v) is 5.14. The highest BCUT2D eigenvalue weighted by molar-refractivity contribution is 9.08. The quantitative estimate of drug-likeness (QED) is 0.862. The Hall–Kier alpha value is -1.06. The number of alkyl halides is 3. The fourth-order valence-electron chi connectivity index (χ4n) is 1.12. The predicted molar refractivity (Wildman–Crippen MR) is 52.5 cm³/mol. The van der Waals surface area contributed by atoms with Crippen LogP contribution in [0.25, 0.3) is 0 Å². The van der Waals surface area contributed by atoms with E-state index in [1.807, 2.05) is 0 Å². The summed E-state index contributed by atoms with van der Waals surface area (Å²) in [7, 11) is 0. The van der Waals surface area contributed by atoms with Gasteiger partial charge in [0.15, 0.2) is 0 Å². The van der Waals surface area contributed by atoms with Crippen LogP contribution in [0.3, 0.4) is 0 Å². The summed E-state index contributed by atoms with van der Waals surface area (Å²) in [5.74, 6) is 0. The second-order valence-corrected chi connectivity index (χ2v) is 3.29. The smallest absolute Gasteiger partial charge is 0.281 e. The van der Waals surface area contributed by atoms with Gasteiger partial charge in [-0.25, -0.2) is 13.8 Å². The van der Waals surface area contributed by atoms with Crippen LogP contribution in [-0.2, 0) is 11.9 Å². The lowest BCUT2D eigenvalue weighted by Crippen LogP contribution is -2.03. The van der Waals surface area contributed by atoms with E-state index in [1.54, 1.807) is 6.07 Å². The van der Waals surface area contributed by atoms with E-state index in [9.17, 15) is 8.78 Å².